The van der Waals surface area contributed by atoms with Crippen LogP contribution in [0.2, 0.25) is 0 Å². The minimum absolute atomic E-state index is 0.00137. The maximum absolute atomic E-state index is 13.8. The fourth-order valence-corrected chi connectivity index (χ4v) is 5.62. The molecule has 0 radical (unpaired) electrons. The van der Waals surface area contributed by atoms with Crippen molar-refractivity contribution in [1.82, 2.24) is 29.4 Å². The Morgan fingerprint density at radius 3 is 2.44 bits per heavy atom. The van der Waals surface area contributed by atoms with Crippen molar-refractivity contribution in [2.45, 2.75) is 38.3 Å². The number of carbonyl (C=O) groups is 2. The van der Waals surface area contributed by atoms with E-state index in [1.54, 1.807) is 14.0 Å². The van der Waals surface area contributed by atoms with E-state index in [0.717, 1.165) is 18.3 Å². The Labute approximate surface area is 231 Å². The number of anilines is 1. The molecular weight excluding hydrogens is 571 g/mol. The van der Waals surface area contributed by atoms with Gasteiger partial charge in [0.05, 0.1) is 18.1 Å². The van der Waals surface area contributed by atoms with Gasteiger partial charge in [-0.1, -0.05) is 0 Å². The van der Waals surface area contributed by atoms with Crippen LogP contribution in [0, 0.1) is 6.92 Å². The predicted octanol–water partition coefficient (Wildman–Crippen LogP) is 5.23. The molecule has 5 heterocycles. The molecular formula is C25H19F5N8O2S. The molecule has 1 aliphatic rings. The number of rotatable bonds is 6. The van der Waals surface area contributed by atoms with Crippen molar-refractivity contribution in [1.29, 1.82) is 0 Å². The first-order valence-corrected chi connectivity index (χ1v) is 13.0. The lowest BCUT2D eigenvalue weighted by Crippen LogP contribution is -2.18. The van der Waals surface area contributed by atoms with E-state index >= 15 is 0 Å². The molecule has 1 saturated carbocycles. The Morgan fingerprint density at radius 1 is 1.12 bits per heavy atom. The summed E-state index contributed by atoms with van der Waals surface area (Å²) in [4.78, 5) is 34.1. The van der Waals surface area contributed by atoms with Crippen LogP contribution in [0.5, 0.6) is 0 Å². The maximum atomic E-state index is 13.8. The van der Waals surface area contributed by atoms with E-state index in [4.69, 9.17) is 5.73 Å². The van der Waals surface area contributed by atoms with Crippen molar-refractivity contribution >= 4 is 44.7 Å². The standard InChI is InChI=1S/C25H19F5N8O2S/c1-9-12(7-32-37(9)2)11-5-15(20(26)27)35-24-17(11)18(19(41-24)21(31)39)36-23(40)13-8-33-38-16(25(28,29)30)6-14(10-3-4-10)34-22(13)38/h5-8,10,20H,3-4H2,1-2H3,(H2,31,39)(H,36,40). The molecule has 0 aromatic carbocycles. The molecule has 0 unspecified atom stereocenters. The van der Waals surface area contributed by atoms with Gasteiger partial charge >= 0.3 is 6.18 Å². The smallest absolute Gasteiger partial charge is 0.365 e. The number of aryl methyl sites for hydroxylation is 1. The first-order chi connectivity index (χ1) is 19.3. The molecule has 0 saturated heterocycles. The van der Waals surface area contributed by atoms with Crippen LogP contribution in [-0.2, 0) is 13.2 Å². The third-order valence-corrected chi connectivity index (χ3v) is 8.01. The highest BCUT2D eigenvalue weighted by Crippen LogP contribution is 2.44. The average Bonchev–Trinajstić information content (AvgIpc) is 3.44. The molecule has 16 heteroatoms. The van der Waals surface area contributed by atoms with Gasteiger partial charge in [0.1, 0.15) is 26.7 Å². The minimum Gasteiger partial charge on any atom is -0.365 e. The molecule has 1 aliphatic carbocycles. The van der Waals surface area contributed by atoms with Gasteiger partial charge in [0, 0.05) is 35.3 Å². The average molecular weight is 591 g/mol. The number of alkyl halides is 5. The van der Waals surface area contributed by atoms with Gasteiger partial charge in [-0.25, -0.2) is 23.3 Å². The summed E-state index contributed by atoms with van der Waals surface area (Å²) in [5.41, 5.74) is 4.65. The predicted molar refractivity (Wildman–Crippen MR) is 138 cm³/mol. The van der Waals surface area contributed by atoms with Crippen molar-refractivity contribution < 1.29 is 31.5 Å². The van der Waals surface area contributed by atoms with E-state index in [1.165, 1.54) is 10.9 Å². The summed E-state index contributed by atoms with van der Waals surface area (Å²) in [5.74, 6) is -2.05. The monoisotopic (exact) mass is 590 g/mol. The Bertz CT molecular complexity index is 1890. The number of aromatic nitrogens is 6. The van der Waals surface area contributed by atoms with Crippen LogP contribution >= 0.6 is 11.3 Å². The van der Waals surface area contributed by atoms with Gasteiger partial charge < -0.3 is 11.1 Å². The van der Waals surface area contributed by atoms with E-state index in [-0.39, 0.29) is 49.2 Å². The molecule has 1 fully saturated rings. The van der Waals surface area contributed by atoms with Crippen molar-refractivity contribution in [3.8, 4) is 11.1 Å². The summed E-state index contributed by atoms with van der Waals surface area (Å²) < 4.78 is 71.1. The molecule has 0 bridgehead atoms. The number of hydrogen-bond acceptors (Lipinski definition) is 7. The number of primary amides is 1. The topological polar surface area (TPSA) is 133 Å². The highest BCUT2D eigenvalue weighted by molar-refractivity contribution is 7.21. The zero-order valence-corrected chi connectivity index (χ0v) is 22.1. The number of amides is 2. The van der Waals surface area contributed by atoms with Crippen molar-refractivity contribution in [3.63, 3.8) is 0 Å². The number of nitrogens with zero attached hydrogens (tertiary/aromatic N) is 6. The van der Waals surface area contributed by atoms with Gasteiger partial charge in [-0.3, -0.25) is 14.3 Å². The first-order valence-electron chi connectivity index (χ1n) is 12.2. The Balaban J connectivity index is 1.54. The van der Waals surface area contributed by atoms with E-state index in [9.17, 15) is 31.5 Å². The molecule has 6 rings (SSSR count). The van der Waals surface area contributed by atoms with Crippen molar-refractivity contribution in [2.75, 3.05) is 5.32 Å². The number of pyridine rings is 1. The van der Waals surface area contributed by atoms with Crippen LogP contribution in [0.15, 0.2) is 24.5 Å². The summed E-state index contributed by atoms with van der Waals surface area (Å²) in [7, 11) is 1.65. The van der Waals surface area contributed by atoms with Crippen LogP contribution in [0.1, 0.15) is 68.0 Å². The maximum Gasteiger partial charge on any atom is 0.433 e. The lowest BCUT2D eigenvalue weighted by molar-refractivity contribution is -0.142. The number of halogens is 5. The number of nitrogens with one attached hydrogen (secondary N) is 1. The molecule has 2 amide bonds. The lowest BCUT2D eigenvalue weighted by Gasteiger charge is -2.12. The molecule has 5 aromatic heterocycles. The third kappa shape index (κ3) is 4.47. The van der Waals surface area contributed by atoms with Crippen molar-refractivity contribution in [2.24, 2.45) is 12.8 Å². The second kappa shape index (κ2) is 9.29. The zero-order valence-electron chi connectivity index (χ0n) is 21.3. The van der Waals surface area contributed by atoms with Crippen LogP contribution < -0.4 is 11.1 Å². The van der Waals surface area contributed by atoms with Gasteiger partial charge in [0.25, 0.3) is 18.2 Å². The molecule has 10 nitrogen and oxygen atoms in total. The van der Waals surface area contributed by atoms with Crippen molar-refractivity contribution in [3.05, 3.63) is 57.7 Å². The third-order valence-electron chi connectivity index (χ3n) is 6.92. The Hall–Kier alpha value is -4.47. The highest BCUT2D eigenvalue weighted by atomic mass is 32.1. The number of hydrogen-bond donors (Lipinski definition) is 2. The SMILES string of the molecule is Cc1c(-c2cc(C(F)F)nc3sc(C(N)=O)c(NC(=O)c4cnn5c(C(F)(F)F)cc(C6CC6)nc45)c23)cnn1C. The van der Waals surface area contributed by atoms with Gasteiger partial charge in [0.15, 0.2) is 5.65 Å². The largest absolute Gasteiger partial charge is 0.433 e. The Morgan fingerprint density at radius 2 is 1.85 bits per heavy atom. The lowest BCUT2D eigenvalue weighted by atomic mass is 10.0. The molecule has 41 heavy (non-hydrogen) atoms. The highest BCUT2D eigenvalue weighted by Gasteiger charge is 2.38. The molecule has 212 valence electrons. The van der Waals surface area contributed by atoms with Crippen LogP contribution in [0.25, 0.3) is 27.0 Å². The summed E-state index contributed by atoms with van der Waals surface area (Å²) in [5, 5.41) is 10.6. The van der Waals surface area contributed by atoms with Crippen LogP contribution in [0.3, 0.4) is 0 Å². The van der Waals surface area contributed by atoms with Gasteiger partial charge in [-0.15, -0.1) is 11.3 Å². The summed E-state index contributed by atoms with van der Waals surface area (Å²) in [6.45, 7) is 1.70. The molecule has 5 aromatic rings. The second-order valence-electron chi connectivity index (χ2n) is 9.60. The summed E-state index contributed by atoms with van der Waals surface area (Å²) >= 11 is 0.702. The molecule has 0 atom stereocenters. The Kier molecular flexibility index (Phi) is 6.06. The zero-order chi connectivity index (χ0) is 29.4. The normalized spacial score (nSPS) is 14.0. The van der Waals surface area contributed by atoms with Crippen LogP contribution in [-0.4, -0.2) is 41.2 Å². The van der Waals surface area contributed by atoms with Crippen LogP contribution in [0.4, 0.5) is 27.6 Å². The number of carbonyl (C=O) groups excluding carboxylic acids is 2. The quantitative estimate of drug-likeness (QED) is 0.260. The fourth-order valence-electron chi connectivity index (χ4n) is 4.61. The molecule has 0 aliphatic heterocycles. The number of thiophene rings is 1. The molecule has 0 spiro atoms. The summed E-state index contributed by atoms with van der Waals surface area (Å²) in [6, 6.07) is 2.06. The van der Waals surface area contributed by atoms with E-state index in [0.29, 0.717) is 40.0 Å². The second-order valence-corrected chi connectivity index (χ2v) is 10.6. The summed E-state index contributed by atoms with van der Waals surface area (Å²) in [6.07, 6.45) is -3.98. The van der Waals surface area contributed by atoms with Gasteiger partial charge in [-0.05, 0) is 37.5 Å². The number of nitrogens with two attached hydrogens (primary N) is 1. The first kappa shape index (κ1) is 26.7. The minimum atomic E-state index is -4.77. The van der Waals surface area contributed by atoms with E-state index in [2.05, 4.69) is 25.5 Å². The van der Waals surface area contributed by atoms with Gasteiger partial charge in [0.2, 0.25) is 0 Å². The van der Waals surface area contributed by atoms with E-state index in [1.807, 2.05) is 0 Å². The van der Waals surface area contributed by atoms with Gasteiger partial charge in [-0.2, -0.15) is 23.4 Å². The molecule has 3 N–H and O–H groups in total. The van der Waals surface area contributed by atoms with E-state index < -0.39 is 35.8 Å². The number of fused-ring (bicyclic) bond motifs is 2. The fraction of sp³-hybridized carbons (Fsp3) is 0.280.